The fraction of sp³-hybridized carbons (Fsp3) is 0.462. The molecule has 0 spiro atoms. The summed E-state index contributed by atoms with van der Waals surface area (Å²) in [5.74, 6) is -0.232. The SMILES string of the molecule is CC(C)S(=O)(=O)Nc1ccccc1C(=O)NC1CC1. The molecule has 19 heavy (non-hydrogen) atoms. The second kappa shape index (κ2) is 5.21. The first-order valence-electron chi connectivity index (χ1n) is 6.31. The van der Waals surface area contributed by atoms with Crippen molar-refractivity contribution in [3.8, 4) is 0 Å². The van der Waals surface area contributed by atoms with E-state index in [1.165, 1.54) is 0 Å². The van der Waals surface area contributed by atoms with E-state index in [2.05, 4.69) is 10.0 Å². The number of nitrogens with one attached hydrogen (secondary N) is 2. The van der Waals surface area contributed by atoms with Crippen LogP contribution in [-0.4, -0.2) is 25.6 Å². The van der Waals surface area contributed by atoms with Gasteiger partial charge in [0.25, 0.3) is 5.91 Å². The number of amides is 1. The summed E-state index contributed by atoms with van der Waals surface area (Å²) in [5.41, 5.74) is 0.688. The van der Waals surface area contributed by atoms with Gasteiger partial charge in [-0.1, -0.05) is 12.1 Å². The van der Waals surface area contributed by atoms with Crippen molar-refractivity contribution in [1.29, 1.82) is 0 Å². The number of hydrogen-bond donors (Lipinski definition) is 2. The normalized spacial score (nSPS) is 15.3. The summed E-state index contributed by atoms with van der Waals surface area (Å²) in [6.45, 7) is 3.18. The van der Waals surface area contributed by atoms with Gasteiger partial charge in [0.2, 0.25) is 10.0 Å². The lowest BCUT2D eigenvalue weighted by Crippen LogP contribution is -2.28. The van der Waals surface area contributed by atoms with E-state index in [9.17, 15) is 13.2 Å². The summed E-state index contributed by atoms with van der Waals surface area (Å²) in [4.78, 5) is 12.0. The summed E-state index contributed by atoms with van der Waals surface area (Å²) >= 11 is 0. The van der Waals surface area contributed by atoms with Crippen LogP contribution in [0.15, 0.2) is 24.3 Å². The first-order valence-corrected chi connectivity index (χ1v) is 7.86. The molecular weight excluding hydrogens is 264 g/mol. The molecule has 1 aliphatic rings. The summed E-state index contributed by atoms with van der Waals surface area (Å²) in [5, 5.41) is 2.30. The van der Waals surface area contributed by atoms with Crippen LogP contribution in [0.25, 0.3) is 0 Å². The predicted octanol–water partition coefficient (Wildman–Crippen LogP) is 1.73. The number of rotatable bonds is 5. The highest BCUT2D eigenvalue weighted by molar-refractivity contribution is 7.93. The van der Waals surface area contributed by atoms with Crippen LogP contribution in [0.2, 0.25) is 0 Å². The minimum Gasteiger partial charge on any atom is -0.349 e. The van der Waals surface area contributed by atoms with Crippen molar-refractivity contribution in [2.75, 3.05) is 4.72 Å². The Morgan fingerprint density at radius 1 is 1.26 bits per heavy atom. The molecule has 1 aliphatic carbocycles. The molecule has 0 saturated heterocycles. The zero-order valence-corrected chi connectivity index (χ0v) is 11.8. The van der Waals surface area contributed by atoms with Crippen LogP contribution < -0.4 is 10.0 Å². The van der Waals surface area contributed by atoms with E-state index in [1.54, 1.807) is 38.1 Å². The third-order valence-corrected chi connectivity index (χ3v) is 4.70. The van der Waals surface area contributed by atoms with Crippen LogP contribution >= 0.6 is 0 Å². The summed E-state index contributed by atoms with van der Waals surface area (Å²) in [7, 11) is -3.45. The highest BCUT2D eigenvalue weighted by atomic mass is 32.2. The highest BCUT2D eigenvalue weighted by Crippen LogP contribution is 2.22. The minimum absolute atomic E-state index is 0.232. The van der Waals surface area contributed by atoms with E-state index in [0.29, 0.717) is 11.3 Å². The van der Waals surface area contributed by atoms with Crippen molar-refractivity contribution >= 4 is 21.6 Å². The topological polar surface area (TPSA) is 75.3 Å². The van der Waals surface area contributed by atoms with Gasteiger partial charge in [-0.15, -0.1) is 0 Å². The van der Waals surface area contributed by atoms with Crippen molar-refractivity contribution in [1.82, 2.24) is 5.32 Å². The molecule has 104 valence electrons. The third-order valence-electron chi connectivity index (χ3n) is 2.96. The summed E-state index contributed by atoms with van der Waals surface area (Å²) < 4.78 is 26.2. The number of sulfonamides is 1. The molecule has 1 amide bonds. The maximum absolute atomic E-state index is 12.0. The van der Waals surface area contributed by atoms with Gasteiger partial charge in [0, 0.05) is 6.04 Å². The minimum atomic E-state index is -3.45. The molecule has 1 aromatic carbocycles. The van der Waals surface area contributed by atoms with Crippen LogP contribution in [0.3, 0.4) is 0 Å². The maximum atomic E-state index is 12.0. The first-order chi connectivity index (χ1) is 8.90. The van der Waals surface area contributed by atoms with Crippen LogP contribution in [0, 0.1) is 0 Å². The van der Waals surface area contributed by atoms with Crippen LogP contribution in [0.5, 0.6) is 0 Å². The van der Waals surface area contributed by atoms with Gasteiger partial charge >= 0.3 is 0 Å². The molecule has 0 aromatic heterocycles. The summed E-state index contributed by atoms with van der Waals surface area (Å²) in [6, 6.07) is 6.88. The molecular formula is C13H18N2O3S. The Balaban J connectivity index is 2.23. The molecule has 0 aliphatic heterocycles. The molecule has 0 bridgehead atoms. The number of hydrogen-bond acceptors (Lipinski definition) is 3. The van der Waals surface area contributed by atoms with Gasteiger partial charge in [-0.2, -0.15) is 0 Å². The Bertz CT molecular complexity index is 577. The first kappa shape index (κ1) is 13.9. The van der Waals surface area contributed by atoms with Crippen molar-refractivity contribution in [3.05, 3.63) is 29.8 Å². The Labute approximate surface area is 113 Å². The van der Waals surface area contributed by atoms with Crippen LogP contribution in [0.1, 0.15) is 37.0 Å². The molecule has 0 atom stereocenters. The maximum Gasteiger partial charge on any atom is 0.253 e. The Hall–Kier alpha value is -1.56. The standard InChI is InChI=1S/C13H18N2O3S/c1-9(2)19(17,18)15-12-6-4-3-5-11(12)13(16)14-10-7-8-10/h3-6,9-10,15H,7-8H2,1-2H3,(H,14,16). The fourth-order valence-corrected chi connectivity index (χ4v) is 2.25. The average molecular weight is 282 g/mol. The molecule has 2 rings (SSSR count). The Kier molecular flexibility index (Phi) is 3.80. The number of anilines is 1. The van der Waals surface area contributed by atoms with E-state index < -0.39 is 15.3 Å². The van der Waals surface area contributed by atoms with E-state index >= 15 is 0 Å². The molecule has 1 fully saturated rings. The zero-order chi connectivity index (χ0) is 14.0. The predicted molar refractivity (Wildman–Crippen MR) is 74.6 cm³/mol. The Morgan fingerprint density at radius 2 is 1.89 bits per heavy atom. The molecule has 1 saturated carbocycles. The van der Waals surface area contributed by atoms with Crippen molar-refractivity contribution in [2.24, 2.45) is 0 Å². The molecule has 6 heteroatoms. The molecule has 1 aromatic rings. The molecule has 0 heterocycles. The average Bonchev–Trinajstić information content (AvgIpc) is 3.12. The van der Waals surface area contributed by atoms with Crippen LogP contribution in [0.4, 0.5) is 5.69 Å². The highest BCUT2D eigenvalue weighted by Gasteiger charge is 2.25. The molecule has 0 unspecified atom stereocenters. The van der Waals surface area contributed by atoms with Gasteiger partial charge < -0.3 is 5.32 Å². The number of carbonyl (C=O) groups is 1. The fourth-order valence-electron chi connectivity index (χ4n) is 1.53. The van der Waals surface area contributed by atoms with Crippen molar-refractivity contribution in [3.63, 3.8) is 0 Å². The second-order valence-corrected chi connectivity index (χ2v) is 7.23. The largest absolute Gasteiger partial charge is 0.349 e. The van der Waals surface area contributed by atoms with Gasteiger partial charge in [-0.05, 0) is 38.8 Å². The molecule has 5 nitrogen and oxygen atoms in total. The molecule has 0 radical (unpaired) electrons. The van der Waals surface area contributed by atoms with Crippen LogP contribution in [-0.2, 0) is 10.0 Å². The van der Waals surface area contributed by atoms with Gasteiger partial charge in [0.05, 0.1) is 16.5 Å². The molecule has 2 N–H and O–H groups in total. The number of benzene rings is 1. The van der Waals surface area contributed by atoms with Crippen molar-refractivity contribution in [2.45, 2.75) is 38.0 Å². The van der Waals surface area contributed by atoms with E-state index in [-0.39, 0.29) is 11.9 Å². The quantitative estimate of drug-likeness (QED) is 0.863. The number of carbonyl (C=O) groups excluding carboxylic acids is 1. The monoisotopic (exact) mass is 282 g/mol. The smallest absolute Gasteiger partial charge is 0.253 e. The van der Waals surface area contributed by atoms with Gasteiger partial charge in [-0.3, -0.25) is 9.52 Å². The summed E-state index contributed by atoms with van der Waals surface area (Å²) in [6.07, 6.45) is 1.98. The lowest BCUT2D eigenvalue weighted by Gasteiger charge is -2.14. The van der Waals surface area contributed by atoms with Gasteiger partial charge in [0.1, 0.15) is 0 Å². The number of para-hydroxylation sites is 1. The van der Waals surface area contributed by atoms with E-state index in [0.717, 1.165) is 12.8 Å². The second-order valence-electron chi connectivity index (χ2n) is 4.99. The lowest BCUT2D eigenvalue weighted by atomic mass is 10.1. The van der Waals surface area contributed by atoms with E-state index in [4.69, 9.17) is 0 Å². The lowest BCUT2D eigenvalue weighted by molar-refractivity contribution is 0.0952. The van der Waals surface area contributed by atoms with Gasteiger partial charge in [0.15, 0.2) is 0 Å². The zero-order valence-electron chi connectivity index (χ0n) is 11.0. The third kappa shape index (κ3) is 3.47. The Morgan fingerprint density at radius 3 is 2.47 bits per heavy atom. The van der Waals surface area contributed by atoms with Crippen molar-refractivity contribution < 1.29 is 13.2 Å². The van der Waals surface area contributed by atoms with E-state index in [1.807, 2.05) is 0 Å². The van der Waals surface area contributed by atoms with Gasteiger partial charge in [-0.25, -0.2) is 8.42 Å².